The topological polar surface area (TPSA) is 20.2 Å². The Kier molecular flexibility index (Phi) is 2.18. The van der Waals surface area contributed by atoms with Gasteiger partial charge in [0.15, 0.2) is 0 Å². The molecule has 3 saturated carbocycles. The van der Waals surface area contributed by atoms with Crippen LogP contribution in [0.3, 0.4) is 0 Å². The number of halogens is 1. The van der Waals surface area contributed by atoms with E-state index in [-0.39, 0.29) is 5.82 Å². The molecule has 3 aliphatic carbocycles. The predicted octanol–water partition coefficient (Wildman–Crippen LogP) is 3.47. The van der Waals surface area contributed by atoms with Gasteiger partial charge in [0, 0.05) is 5.56 Å². The van der Waals surface area contributed by atoms with Gasteiger partial charge in [-0.25, -0.2) is 4.39 Å². The molecule has 0 amide bonds. The molecule has 4 rings (SSSR count). The highest BCUT2D eigenvalue weighted by molar-refractivity contribution is 5.29. The van der Waals surface area contributed by atoms with Crippen LogP contribution in [0, 0.1) is 29.5 Å². The molecule has 18 heavy (non-hydrogen) atoms. The van der Waals surface area contributed by atoms with Gasteiger partial charge in [0.2, 0.25) is 0 Å². The largest absolute Gasteiger partial charge is 0.385 e. The molecule has 2 heteroatoms. The molecule has 0 radical (unpaired) electrons. The summed E-state index contributed by atoms with van der Waals surface area (Å²) in [6.07, 6.45) is 5.76. The van der Waals surface area contributed by atoms with E-state index in [1.165, 1.54) is 25.3 Å². The third kappa shape index (κ3) is 1.25. The van der Waals surface area contributed by atoms with Crippen molar-refractivity contribution in [1.82, 2.24) is 0 Å². The fourth-order valence-electron chi connectivity index (χ4n) is 5.23. The Morgan fingerprint density at radius 3 is 2.78 bits per heavy atom. The first-order valence-electron chi connectivity index (χ1n) is 7.17. The lowest BCUT2D eigenvalue weighted by molar-refractivity contribution is -0.0537. The number of aliphatic hydroxyl groups is 1. The maximum atomic E-state index is 14.0. The average molecular weight is 246 g/mol. The second-order valence-corrected chi connectivity index (χ2v) is 6.47. The van der Waals surface area contributed by atoms with Crippen LogP contribution in [0.25, 0.3) is 0 Å². The summed E-state index contributed by atoms with van der Waals surface area (Å²) in [5, 5.41) is 11.0. The van der Waals surface area contributed by atoms with Crippen molar-refractivity contribution in [1.29, 1.82) is 0 Å². The summed E-state index contributed by atoms with van der Waals surface area (Å²) >= 11 is 0. The lowest BCUT2D eigenvalue weighted by Crippen LogP contribution is -2.39. The third-order valence-corrected chi connectivity index (χ3v) is 5.83. The van der Waals surface area contributed by atoms with Crippen molar-refractivity contribution in [3.63, 3.8) is 0 Å². The van der Waals surface area contributed by atoms with Gasteiger partial charge < -0.3 is 5.11 Å². The minimum absolute atomic E-state index is 0.234. The van der Waals surface area contributed by atoms with E-state index in [9.17, 15) is 9.50 Å². The van der Waals surface area contributed by atoms with Crippen molar-refractivity contribution in [2.75, 3.05) is 0 Å². The van der Waals surface area contributed by atoms with E-state index in [1.807, 2.05) is 6.07 Å². The first kappa shape index (κ1) is 11.0. The number of benzene rings is 1. The Morgan fingerprint density at radius 1 is 1.17 bits per heavy atom. The first-order valence-corrected chi connectivity index (χ1v) is 7.17. The van der Waals surface area contributed by atoms with Crippen LogP contribution in [-0.4, -0.2) is 5.11 Å². The Hall–Kier alpha value is -0.890. The second kappa shape index (κ2) is 3.57. The summed E-state index contributed by atoms with van der Waals surface area (Å²) in [6, 6.07) is 6.80. The molecule has 1 aromatic rings. The maximum absolute atomic E-state index is 14.0. The molecule has 1 N–H and O–H groups in total. The van der Waals surface area contributed by atoms with Crippen LogP contribution >= 0.6 is 0 Å². The van der Waals surface area contributed by atoms with Crippen LogP contribution in [0.15, 0.2) is 24.3 Å². The van der Waals surface area contributed by atoms with E-state index < -0.39 is 5.60 Å². The summed E-state index contributed by atoms with van der Waals surface area (Å²) in [5.74, 6) is 2.16. The zero-order chi connectivity index (χ0) is 12.3. The second-order valence-electron chi connectivity index (χ2n) is 6.47. The van der Waals surface area contributed by atoms with Gasteiger partial charge in [-0.3, -0.25) is 0 Å². The van der Waals surface area contributed by atoms with E-state index in [0.717, 1.165) is 18.8 Å². The van der Waals surface area contributed by atoms with E-state index in [1.54, 1.807) is 12.1 Å². The zero-order valence-corrected chi connectivity index (χ0v) is 10.5. The van der Waals surface area contributed by atoms with Crippen LogP contribution in [0.2, 0.25) is 0 Å². The van der Waals surface area contributed by atoms with Gasteiger partial charge >= 0.3 is 0 Å². The van der Waals surface area contributed by atoms with Gasteiger partial charge in [0.1, 0.15) is 5.82 Å². The molecule has 0 heterocycles. The first-order chi connectivity index (χ1) is 8.70. The van der Waals surface area contributed by atoms with Gasteiger partial charge in [-0.1, -0.05) is 24.6 Å². The van der Waals surface area contributed by atoms with Crippen LogP contribution in [-0.2, 0) is 5.60 Å². The lowest BCUT2D eigenvalue weighted by Gasteiger charge is -2.39. The van der Waals surface area contributed by atoms with Crippen molar-refractivity contribution in [2.45, 2.75) is 37.7 Å². The van der Waals surface area contributed by atoms with Crippen molar-refractivity contribution in [2.24, 2.45) is 23.7 Å². The SMILES string of the molecule is OC1(c2ccccc2F)CC2CC1C1CCCC21. The van der Waals surface area contributed by atoms with Gasteiger partial charge in [0.25, 0.3) is 0 Å². The molecule has 0 aromatic heterocycles. The molecular formula is C16H19FO. The number of rotatable bonds is 1. The van der Waals surface area contributed by atoms with Crippen LogP contribution in [0.1, 0.15) is 37.7 Å². The Bertz CT molecular complexity index is 486. The Morgan fingerprint density at radius 2 is 1.94 bits per heavy atom. The van der Waals surface area contributed by atoms with Crippen LogP contribution < -0.4 is 0 Å². The minimum Gasteiger partial charge on any atom is -0.385 e. The summed E-state index contributed by atoms with van der Waals surface area (Å²) in [5.41, 5.74) is -0.343. The normalized spacial score (nSPS) is 45.4. The molecule has 0 saturated heterocycles. The van der Waals surface area contributed by atoms with E-state index in [0.29, 0.717) is 23.3 Å². The molecule has 2 bridgehead atoms. The van der Waals surface area contributed by atoms with Crippen LogP contribution in [0.4, 0.5) is 4.39 Å². The Balaban J connectivity index is 1.76. The smallest absolute Gasteiger partial charge is 0.129 e. The summed E-state index contributed by atoms with van der Waals surface area (Å²) in [4.78, 5) is 0. The molecule has 0 spiro atoms. The van der Waals surface area contributed by atoms with Gasteiger partial charge in [0.05, 0.1) is 5.60 Å². The number of fused-ring (bicyclic) bond motifs is 5. The fraction of sp³-hybridized carbons (Fsp3) is 0.625. The summed E-state index contributed by atoms with van der Waals surface area (Å²) < 4.78 is 14.0. The molecule has 1 nitrogen and oxygen atoms in total. The zero-order valence-electron chi connectivity index (χ0n) is 10.5. The number of hydrogen-bond acceptors (Lipinski definition) is 1. The van der Waals surface area contributed by atoms with Crippen LogP contribution in [0.5, 0.6) is 0 Å². The van der Waals surface area contributed by atoms with Crippen molar-refractivity contribution < 1.29 is 9.50 Å². The van der Waals surface area contributed by atoms with E-state index in [2.05, 4.69) is 0 Å². The minimum atomic E-state index is -0.887. The summed E-state index contributed by atoms with van der Waals surface area (Å²) in [6.45, 7) is 0. The highest BCUT2D eigenvalue weighted by atomic mass is 19.1. The molecular weight excluding hydrogens is 227 g/mol. The maximum Gasteiger partial charge on any atom is 0.129 e. The molecule has 96 valence electrons. The standard InChI is InChI=1S/C16H19FO/c17-15-7-2-1-6-13(15)16(18)9-10-8-14(16)12-5-3-4-11(10)12/h1-2,6-7,10-12,14,18H,3-5,8-9H2. The molecule has 3 fully saturated rings. The lowest BCUT2D eigenvalue weighted by atomic mass is 9.70. The van der Waals surface area contributed by atoms with E-state index in [4.69, 9.17) is 0 Å². The average Bonchev–Trinajstić information content (AvgIpc) is 2.99. The Labute approximate surface area is 107 Å². The monoisotopic (exact) mass is 246 g/mol. The van der Waals surface area contributed by atoms with Crippen molar-refractivity contribution in [3.8, 4) is 0 Å². The molecule has 3 aliphatic rings. The molecule has 0 aliphatic heterocycles. The fourth-order valence-corrected chi connectivity index (χ4v) is 5.23. The summed E-state index contributed by atoms with van der Waals surface area (Å²) in [7, 11) is 0. The molecule has 5 unspecified atom stereocenters. The molecule has 5 atom stereocenters. The van der Waals surface area contributed by atoms with Crippen molar-refractivity contribution >= 4 is 0 Å². The predicted molar refractivity (Wildman–Crippen MR) is 67.3 cm³/mol. The van der Waals surface area contributed by atoms with Gasteiger partial charge in [-0.2, -0.15) is 0 Å². The highest BCUT2D eigenvalue weighted by Gasteiger charge is 2.61. The third-order valence-electron chi connectivity index (χ3n) is 5.83. The number of hydrogen-bond donors (Lipinski definition) is 1. The highest BCUT2D eigenvalue weighted by Crippen LogP contribution is 2.65. The van der Waals surface area contributed by atoms with E-state index >= 15 is 0 Å². The van der Waals surface area contributed by atoms with Crippen molar-refractivity contribution in [3.05, 3.63) is 35.6 Å². The van der Waals surface area contributed by atoms with Gasteiger partial charge in [-0.05, 0) is 55.4 Å². The quantitative estimate of drug-likeness (QED) is 0.804. The molecule has 1 aromatic carbocycles. The van der Waals surface area contributed by atoms with Gasteiger partial charge in [-0.15, -0.1) is 0 Å².